The third-order valence-electron chi connectivity index (χ3n) is 2.46. The van der Waals surface area contributed by atoms with Gasteiger partial charge in [-0.15, -0.1) is 0 Å². The molecule has 2 nitrogen and oxygen atoms in total. The average molecular weight is 313 g/mol. The quantitative estimate of drug-likeness (QED) is 0.902. The number of aliphatic hydroxyl groups excluding tert-OH is 1. The molecule has 1 aromatic carbocycles. The van der Waals surface area contributed by atoms with E-state index >= 15 is 0 Å². The predicted molar refractivity (Wildman–Crippen MR) is 72.3 cm³/mol. The van der Waals surface area contributed by atoms with Crippen LogP contribution in [0.1, 0.15) is 24.4 Å². The van der Waals surface area contributed by atoms with E-state index in [4.69, 9.17) is 4.42 Å². The molecule has 4 heteroatoms. The van der Waals surface area contributed by atoms with Crippen LogP contribution in [-0.2, 0) is 0 Å². The molecular formula is C13H13BrO2S. The molecule has 0 aliphatic rings. The van der Waals surface area contributed by atoms with Crippen LogP contribution < -0.4 is 0 Å². The van der Waals surface area contributed by atoms with E-state index in [-0.39, 0.29) is 0 Å². The third kappa shape index (κ3) is 2.94. The lowest BCUT2D eigenvalue weighted by Gasteiger charge is -2.09. The minimum absolute atomic E-state index is 0.459. The second-order valence-corrected chi connectivity index (χ2v) is 5.77. The van der Waals surface area contributed by atoms with Crippen LogP contribution in [-0.4, -0.2) is 5.11 Å². The Labute approximate surface area is 113 Å². The summed E-state index contributed by atoms with van der Waals surface area (Å²) in [5, 5.41) is 9.54. The molecule has 0 fully saturated rings. The molecule has 0 saturated heterocycles. The lowest BCUT2D eigenvalue weighted by molar-refractivity contribution is 0.198. The lowest BCUT2D eigenvalue weighted by Crippen LogP contribution is -1.92. The first kappa shape index (κ1) is 12.7. The number of rotatable bonds is 3. The number of halogens is 1. The van der Waals surface area contributed by atoms with Gasteiger partial charge in [0.25, 0.3) is 0 Å². The standard InChI is InChI=1S/C13H13BrO2S/c1-8(15)11-4-3-10(7-12(11)14)17-13-5-6-16-9(13)2/h3-8,15H,1-2H3/t8-/m1/s1. The average Bonchev–Trinajstić information content (AvgIpc) is 2.64. The predicted octanol–water partition coefficient (Wildman–Crippen LogP) is 4.56. The number of furan rings is 1. The van der Waals surface area contributed by atoms with Crippen molar-refractivity contribution in [3.05, 3.63) is 46.3 Å². The minimum atomic E-state index is -0.459. The van der Waals surface area contributed by atoms with E-state index in [2.05, 4.69) is 15.9 Å². The highest BCUT2D eigenvalue weighted by molar-refractivity contribution is 9.10. The van der Waals surface area contributed by atoms with Crippen LogP contribution >= 0.6 is 27.7 Å². The SMILES string of the molecule is Cc1occc1Sc1ccc([C@@H](C)O)c(Br)c1. The van der Waals surface area contributed by atoms with Gasteiger partial charge in [-0.3, -0.25) is 0 Å². The van der Waals surface area contributed by atoms with Gasteiger partial charge in [0.1, 0.15) is 5.76 Å². The number of hydrogen-bond acceptors (Lipinski definition) is 3. The first-order chi connectivity index (χ1) is 8.08. The van der Waals surface area contributed by atoms with Gasteiger partial charge in [0.05, 0.1) is 17.3 Å². The molecular weight excluding hydrogens is 300 g/mol. The summed E-state index contributed by atoms with van der Waals surface area (Å²) in [6.45, 7) is 3.70. The summed E-state index contributed by atoms with van der Waals surface area (Å²) in [7, 11) is 0. The molecule has 1 atom stereocenters. The van der Waals surface area contributed by atoms with Crippen LogP contribution in [0.15, 0.2) is 49.2 Å². The van der Waals surface area contributed by atoms with E-state index in [1.54, 1.807) is 24.9 Å². The van der Waals surface area contributed by atoms with Gasteiger partial charge in [0.2, 0.25) is 0 Å². The topological polar surface area (TPSA) is 33.4 Å². The molecule has 0 aliphatic carbocycles. The van der Waals surface area contributed by atoms with Crippen LogP contribution in [0.2, 0.25) is 0 Å². The van der Waals surface area contributed by atoms with Gasteiger partial charge >= 0.3 is 0 Å². The maximum Gasteiger partial charge on any atom is 0.114 e. The Morgan fingerprint density at radius 2 is 2.12 bits per heavy atom. The van der Waals surface area contributed by atoms with Gasteiger partial charge in [0.15, 0.2) is 0 Å². The molecule has 2 rings (SSSR count). The zero-order chi connectivity index (χ0) is 12.4. The van der Waals surface area contributed by atoms with Crippen LogP contribution in [0.4, 0.5) is 0 Å². The molecule has 0 aliphatic heterocycles. The van der Waals surface area contributed by atoms with Crippen molar-refractivity contribution in [1.82, 2.24) is 0 Å². The number of benzene rings is 1. The number of aryl methyl sites for hydroxylation is 1. The Kier molecular flexibility index (Phi) is 3.97. The van der Waals surface area contributed by atoms with E-state index in [0.717, 1.165) is 25.6 Å². The number of aliphatic hydroxyl groups is 1. The van der Waals surface area contributed by atoms with Crippen molar-refractivity contribution in [2.45, 2.75) is 29.7 Å². The maximum absolute atomic E-state index is 9.54. The summed E-state index contributed by atoms with van der Waals surface area (Å²) in [5.74, 6) is 0.922. The van der Waals surface area contributed by atoms with Crippen molar-refractivity contribution < 1.29 is 9.52 Å². The summed E-state index contributed by atoms with van der Waals surface area (Å²) in [6.07, 6.45) is 1.23. The van der Waals surface area contributed by atoms with Crippen molar-refractivity contribution in [3.8, 4) is 0 Å². The minimum Gasteiger partial charge on any atom is -0.468 e. The van der Waals surface area contributed by atoms with Gasteiger partial charge in [-0.25, -0.2) is 0 Å². The smallest absolute Gasteiger partial charge is 0.114 e. The van der Waals surface area contributed by atoms with Crippen LogP contribution in [0.25, 0.3) is 0 Å². The van der Waals surface area contributed by atoms with Crippen molar-refractivity contribution >= 4 is 27.7 Å². The van der Waals surface area contributed by atoms with Crippen LogP contribution in [0, 0.1) is 6.92 Å². The Morgan fingerprint density at radius 3 is 2.65 bits per heavy atom. The summed E-state index contributed by atoms with van der Waals surface area (Å²) < 4.78 is 6.19. The fourth-order valence-corrected chi connectivity index (χ4v) is 3.26. The molecule has 0 amide bonds. The Balaban J connectivity index is 2.24. The van der Waals surface area contributed by atoms with Crippen LogP contribution in [0.3, 0.4) is 0 Å². The molecule has 2 aromatic rings. The summed E-state index contributed by atoms with van der Waals surface area (Å²) in [5.41, 5.74) is 0.901. The highest BCUT2D eigenvalue weighted by atomic mass is 79.9. The molecule has 17 heavy (non-hydrogen) atoms. The van der Waals surface area contributed by atoms with Crippen molar-refractivity contribution in [3.63, 3.8) is 0 Å². The molecule has 0 radical (unpaired) electrons. The molecule has 0 unspecified atom stereocenters. The van der Waals surface area contributed by atoms with Gasteiger partial charge in [-0.2, -0.15) is 0 Å². The summed E-state index contributed by atoms with van der Waals surface area (Å²) >= 11 is 5.12. The maximum atomic E-state index is 9.54. The highest BCUT2D eigenvalue weighted by Gasteiger charge is 2.09. The van der Waals surface area contributed by atoms with Gasteiger partial charge in [-0.05, 0) is 37.6 Å². The normalized spacial score (nSPS) is 12.7. The molecule has 1 N–H and O–H groups in total. The van der Waals surface area contributed by atoms with E-state index in [1.165, 1.54) is 0 Å². The van der Waals surface area contributed by atoms with Crippen LogP contribution in [0.5, 0.6) is 0 Å². The van der Waals surface area contributed by atoms with Crippen molar-refractivity contribution in [2.75, 3.05) is 0 Å². The fraction of sp³-hybridized carbons (Fsp3) is 0.231. The molecule has 1 aromatic heterocycles. The Morgan fingerprint density at radius 1 is 1.35 bits per heavy atom. The van der Waals surface area contributed by atoms with Gasteiger partial charge in [0, 0.05) is 9.37 Å². The Hall–Kier alpha value is -0.710. The highest BCUT2D eigenvalue weighted by Crippen LogP contribution is 2.34. The van der Waals surface area contributed by atoms with E-state index in [0.29, 0.717) is 0 Å². The van der Waals surface area contributed by atoms with Gasteiger partial charge in [-0.1, -0.05) is 33.8 Å². The lowest BCUT2D eigenvalue weighted by atomic mass is 10.1. The molecule has 0 saturated carbocycles. The molecule has 1 heterocycles. The van der Waals surface area contributed by atoms with Crippen molar-refractivity contribution in [2.24, 2.45) is 0 Å². The second kappa shape index (κ2) is 5.29. The van der Waals surface area contributed by atoms with E-state index in [9.17, 15) is 5.11 Å². The first-order valence-electron chi connectivity index (χ1n) is 5.27. The molecule has 0 spiro atoms. The zero-order valence-corrected chi connectivity index (χ0v) is 12.0. The second-order valence-electron chi connectivity index (χ2n) is 3.80. The number of hydrogen-bond donors (Lipinski definition) is 1. The molecule has 0 bridgehead atoms. The fourth-order valence-electron chi connectivity index (χ4n) is 1.52. The van der Waals surface area contributed by atoms with Crippen molar-refractivity contribution in [1.29, 1.82) is 0 Å². The monoisotopic (exact) mass is 312 g/mol. The zero-order valence-electron chi connectivity index (χ0n) is 9.61. The molecule has 90 valence electrons. The Bertz CT molecular complexity index is 520. The summed E-state index contributed by atoms with van der Waals surface area (Å²) in [4.78, 5) is 2.23. The van der Waals surface area contributed by atoms with E-state index in [1.807, 2.05) is 31.2 Å². The summed E-state index contributed by atoms with van der Waals surface area (Å²) in [6, 6.07) is 7.91. The third-order valence-corrected chi connectivity index (χ3v) is 4.28. The first-order valence-corrected chi connectivity index (χ1v) is 6.88. The van der Waals surface area contributed by atoms with E-state index < -0.39 is 6.10 Å². The largest absolute Gasteiger partial charge is 0.468 e. The van der Waals surface area contributed by atoms with Gasteiger partial charge < -0.3 is 9.52 Å².